The van der Waals surface area contributed by atoms with Crippen LogP contribution in [0.4, 0.5) is 0 Å². The highest BCUT2D eigenvalue weighted by atomic mass is 16.5. The smallest absolute Gasteiger partial charge is 0.142 e. The molecule has 0 bridgehead atoms. The average molecular weight is 180 g/mol. The molecule has 0 aromatic carbocycles. The van der Waals surface area contributed by atoms with Crippen LogP contribution in [0.2, 0.25) is 0 Å². The van der Waals surface area contributed by atoms with Crippen LogP contribution in [0.25, 0.3) is 0 Å². The van der Waals surface area contributed by atoms with E-state index < -0.39 is 0 Å². The SMILES string of the molecule is Cc1ccc(OC(C)C)c(CN)n1. The van der Waals surface area contributed by atoms with Crippen molar-refractivity contribution >= 4 is 0 Å². The number of rotatable bonds is 3. The van der Waals surface area contributed by atoms with Crippen LogP contribution in [-0.2, 0) is 6.54 Å². The second kappa shape index (κ2) is 4.23. The predicted molar refractivity (Wildman–Crippen MR) is 52.6 cm³/mol. The Kier molecular flexibility index (Phi) is 3.25. The van der Waals surface area contributed by atoms with Gasteiger partial charge in [0.25, 0.3) is 0 Å². The predicted octanol–water partition coefficient (Wildman–Crippen LogP) is 1.64. The molecule has 72 valence electrons. The molecule has 0 aliphatic carbocycles. The van der Waals surface area contributed by atoms with E-state index in [4.69, 9.17) is 10.5 Å². The maximum atomic E-state index is 5.55. The first-order valence-corrected chi connectivity index (χ1v) is 4.46. The Hall–Kier alpha value is -1.09. The standard InChI is InChI=1S/C10H16N2O/c1-7(2)13-10-5-4-8(3)12-9(10)6-11/h4-5,7H,6,11H2,1-3H3. The van der Waals surface area contributed by atoms with Crippen molar-refractivity contribution in [3.63, 3.8) is 0 Å². The zero-order valence-electron chi connectivity index (χ0n) is 8.37. The highest BCUT2D eigenvalue weighted by Crippen LogP contribution is 2.17. The van der Waals surface area contributed by atoms with Crippen molar-refractivity contribution < 1.29 is 4.74 Å². The van der Waals surface area contributed by atoms with Gasteiger partial charge in [0.2, 0.25) is 0 Å². The van der Waals surface area contributed by atoms with Gasteiger partial charge in [0.15, 0.2) is 0 Å². The van der Waals surface area contributed by atoms with Crippen LogP contribution in [0.1, 0.15) is 25.2 Å². The van der Waals surface area contributed by atoms with Gasteiger partial charge >= 0.3 is 0 Å². The Labute approximate surface area is 78.9 Å². The molecule has 1 aromatic rings. The Bertz CT molecular complexity index is 284. The number of ether oxygens (including phenoxy) is 1. The summed E-state index contributed by atoms with van der Waals surface area (Å²) in [5, 5.41) is 0. The molecule has 1 rings (SSSR count). The maximum Gasteiger partial charge on any atom is 0.142 e. The topological polar surface area (TPSA) is 48.1 Å². The van der Waals surface area contributed by atoms with Gasteiger partial charge in [-0.1, -0.05) is 0 Å². The molecule has 3 heteroatoms. The normalized spacial score (nSPS) is 10.5. The third-order valence-electron chi connectivity index (χ3n) is 1.63. The molecule has 1 aromatic heterocycles. The summed E-state index contributed by atoms with van der Waals surface area (Å²) in [4.78, 5) is 4.29. The summed E-state index contributed by atoms with van der Waals surface area (Å²) in [5.74, 6) is 0.795. The van der Waals surface area contributed by atoms with Crippen molar-refractivity contribution in [3.05, 3.63) is 23.5 Å². The summed E-state index contributed by atoms with van der Waals surface area (Å²) in [7, 11) is 0. The molecule has 2 N–H and O–H groups in total. The lowest BCUT2D eigenvalue weighted by molar-refractivity contribution is 0.238. The molecule has 0 aliphatic heterocycles. The number of nitrogens with two attached hydrogens (primary N) is 1. The van der Waals surface area contributed by atoms with Crippen LogP contribution in [0.5, 0.6) is 5.75 Å². The van der Waals surface area contributed by atoms with E-state index in [2.05, 4.69) is 4.98 Å². The average Bonchev–Trinajstić information content (AvgIpc) is 2.07. The van der Waals surface area contributed by atoms with Crippen molar-refractivity contribution in [3.8, 4) is 5.75 Å². The first-order chi connectivity index (χ1) is 6.13. The number of aromatic nitrogens is 1. The largest absolute Gasteiger partial charge is 0.489 e. The van der Waals surface area contributed by atoms with Crippen LogP contribution in [0, 0.1) is 6.92 Å². The van der Waals surface area contributed by atoms with Gasteiger partial charge in [-0.25, -0.2) is 0 Å². The third kappa shape index (κ3) is 2.70. The summed E-state index contributed by atoms with van der Waals surface area (Å²) in [5.41, 5.74) is 7.35. The lowest BCUT2D eigenvalue weighted by Crippen LogP contribution is -2.10. The Morgan fingerprint density at radius 3 is 2.69 bits per heavy atom. The van der Waals surface area contributed by atoms with Gasteiger partial charge in [0.05, 0.1) is 11.8 Å². The van der Waals surface area contributed by atoms with Crippen molar-refractivity contribution in [2.24, 2.45) is 5.73 Å². The quantitative estimate of drug-likeness (QED) is 0.769. The Morgan fingerprint density at radius 2 is 2.15 bits per heavy atom. The lowest BCUT2D eigenvalue weighted by atomic mass is 10.3. The molecule has 0 radical (unpaired) electrons. The number of pyridine rings is 1. The van der Waals surface area contributed by atoms with Gasteiger partial charge in [-0.15, -0.1) is 0 Å². The molecule has 0 fully saturated rings. The molecule has 13 heavy (non-hydrogen) atoms. The summed E-state index contributed by atoms with van der Waals surface area (Å²) in [6, 6.07) is 3.85. The van der Waals surface area contributed by atoms with E-state index in [0.29, 0.717) is 6.54 Å². The van der Waals surface area contributed by atoms with E-state index in [-0.39, 0.29) is 6.10 Å². The minimum absolute atomic E-state index is 0.162. The van der Waals surface area contributed by atoms with Gasteiger partial charge in [0, 0.05) is 12.2 Å². The number of hydrogen-bond donors (Lipinski definition) is 1. The van der Waals surface area contributed by atoms with Crippen LogP contribution >= 0.6 is 0 Å². The zero-order valence-corrected chi connectivity index (χ0v) is 8.37. The second-order valence-electron chi connectivity index (χ2n) is 3.27. The Morgan fingerprint density at radius 1 is 1.46 bits per heavy atom. The fourth-order valence-corrected chi connectivity index (χ4v) is 1.11. The molecule has 0 atom stereocenters. The van der Waals surface area contributed by atoms with Gasteiger partial charge < -0.3 is 10.5 Å². The number of nitrogens with zero attached hydrogens (tertiary/aromatic N) is 1. The van der Waals surface area contributed by atoms with Gasteiger partial charge in [-0.3, -0.25) is 4.98 Å². The van der Waals surface area contributed by atoms with Gasteiger partial charge in [0.1, 0.15) is 5.75 Å². The summed E-state index contributed by atoms with van der Waals surface area (Å²) >= 11 is 0. The summed E-state index contributed by atoms with van der Waals surface area (Å²) < 4.78 is 5.55. The van der Waals surface area contributed by atoms with E-state index in [1.54, 1.807) is 0 Å². The van der Waals surface area contributed by atoms with E-state index >= 15 is 0 Å². The molecule has 0 saturated carbocycles. The highest BCUT2D eigenvalue weighted by Gasteiger charge is 2.05. The van der Waals surface area contributed by atoms with Crippen molar-refractivity contribution in [2.75, 3.05) is 0 Å². The summed E-state index contributed by atoms with van der Waals surface area (Å²) in [6.45, 7) is 6.34. The van der Waals surface area contributed by atoms with Crippen LogP contribution in [0.3, 0.4) is 0 Å². The molecule has 0 unspecified atom stereocenters. The van der Waals surface area contributed by atoms with Crippen LogP contribution in [0.15, 0.2) is 12.1 Å². The monoisotopic (exact) mass is 180 g/mol. The van der Waals surface area contributed by atoms with Crippen molar-refractivity contribution in [1.82, 2.24) is 4.98 Å². The third-order valence-corrected chi connectivity index (χ3v) is 1.63. The van der Waals surface area contributed by atoms with Crippen molar-refractivity contribution in [2.45, 2.75) is 33.4 Å². The van der Waals surface area contributed by atoms with Crippen LogP contribution in [-0.4, -0.2) is 11.1 Å². The first kappa shape index (κ1) is 9.99. The molecular formula is C10H16N2O. The molecular weight excluding hydrogens is 164 g/mol. The number of aryl methyl sites for hydroxylation is 1. The molecule has 1 heterocycles. The van der Waals surface area contributed by atoms with E-state index in [0.717, 1.165) is 17.1 Å². The second-order valence-corrected chi connectivity index (χ2v) is 3.27. The fourth-order valence-electron chi connectivity index (χ4n) is 1.11. The minimum atomic E-state index is 0.162. The Balaban J connectivity index is 2.92. The fraction of sp³-hybridized carbons (Fsp3) is 0.500. The van der Waals surface area contributed by atoms with E-state index in [1.165, 1.54) is 0 Å². The van der Waals surface area contributed by atoms with Gasteiger partial charge in [-0.05, 0) is 32.9 Å². The van der Waals surface area contributed by atoms with Gasteiger partial charge in [-0.2, -0.15) is 0 Å². The maximum absolute atomic E-state index is 5.55. The van der Waals surface area contributed by atoms with Crippen LogP contribution < -0.4 is 10.5 Å². The molecule has 0 saturated heterocycles. The molecule has 0 aliphatic rings. The minimum Gasteiger partial charge on any atom is -0.489 e. The van der Waals surface area contributed by atoms with E-state index in [9.17, 15) is 0 Å². The molecule has 3 nitrogen and oxygen atoms in total. The van der Waals surface area contributed by atoms with Crippen molar-refractivity contribution in [1.29, 1.82) is 0 Å². The van der Waals surface area contributed by atoms with E-state index in [1.807, 2.05) is 32.9 Å². The molecule has 0 amide bonds. The zero-order chi connectivity index (χ0) is 9.84. The first-order valence-electron chi connectivity index (χ1n) is 4.46. The summed E-state index contributed by atoms with van der Waals surface area (Å²) in [6.07, 6.45) is 0.162. The highest BCUT2D eigenvalue weighted by molar-refractivity contribution is 5.29. The lowest BCUT2D eigenvalue weighted by Gasteiger charge is -2.12. The molecule has 0 spiro atoms. The number of hydrogen-bond acceptors (Lipinski definition) is 3.